The minimum absolute atomic E-state index is 0.150. The lowest BCUT2D eigenvalue weighted by atomic mass is 10.1. The van der Waals surface area contributed by atoms with Gasteiger partial charge in [0.05, 0.1) is 11.5 Å². The zero-order valence-corrected chi connectivity index (χ0v) is 12.9. The highest BCUT2D eigenvalue weighted by atomic mass is 32.2. The number of anilines is 1. The molecule has 0 aliphatic rings. The standard InChI is InChI=1S/C16H19NO3S/c1-3-13-5-7-15(8-6-13)17-21(19,20)16-9-4-12(2)14(10-16)11-18/h4-10,17-18H,3,11H2,1-2H3. The van der Waals surface area contributed by atoms with Gasteiger partial charge in [0.1, 0.15) is 0 Å². The molecule has 0 saturated heterocycles. The van der Waals surface area contributed by atoms with Crippen molar-refractivity contribution in [2.45, 2.75) is 31.8 Å². The Bertz CT molecular complexity index is 722. The molecule has 0 saturated carbocycles. The van der Waals surface area contributed by atoms with Gasteiger partial charge in [0.15, 0.2) is 0 Å². The highest BCUT2D eigenvalue weighted by Gasteiger charge is 2.15. The molecular formula is C16H19NO3S. The first-order valence-electron chi connectivity index (χ1n) is 6.78. The van der Waals surface area contributed by atoms with E-state index >= 15 is 0 Å². The van der Waals surface area contributed by atoms with Crippen LogP contribution in [0.15, 0.2) is 47.4 Å². The summed E-state index contributed by atoms with van der Waals surface area (Å²) in [5, 5.41) is 9.24. The van der Waals surface area contributed by atoms with Crippen molar-refractivity contribution in [1.29, 1.82) is 0 Å². The fourth-order valence-corrected chi connectivity index (χ4v) is 3.12. The summed E-state index contributed by atoms with van der Waals surface area (Å²) in [6, 6.07) is 12.0. The van der Waals surface area contributed by atoms with E-state index in [1.165, 1.54) is 12.1 Å². The lowest BCUT2D eigenvalue weighted by Crippen LogP contribution is -2.13. The first-order valence-corrected chi connectivity index (χ1v) is 8.26. The van der Waals surface area contributed by atoms with Gasteiger partial charge >= 0.3 is 0 Å². The van der Waals surface area contributed by atoms with Crippen LogP contribution >= 0.6 is 0 Å². The van der Waals surface area contributed by atoms with Gasteiger partial charge in [-0.1, -0.05) is 25.1 Å². The number of aryl methyl sites for hydroxylation is 2. The third-order valence-electron chi connectivity index (χ3n) is 3.42. The minimum atomic E-state index is -3.64. The van der Waals surface area contributed by atoms with Gasteiger partial charge in [0.2, 0.25) is 0 Å². The van der Waals surface area contributed by atoms with E-state index in [-0.39, 0.29) is 11.5 Å². The van der Waals surface area contributed by atoms with E-state index < -0.39 is 10.0 Å². The summed E-state index contributed by atoms with van der Waals surface area (Å²) in [6.45, 7) is 3.70. The van der Waals surface area contributed by atoms with Crippen LogP contribution < -0.4 is 4.72 Å². The molecule has 2 aromatic rings. The predicted molar refractivity (Wildman–Crippen MR) is 83.7 cm³/mol. The van der Waals surface area contributed by atoms with Crippen LogP contribution in [0.1, 0.15) is 23.6 Å². The molecular weight excluding hydrogens is 286 g/mol. The number of aliphatic hydroxyl groups is 1. The molecule has 4 nitrogen and oxygen atoms in total. The number of sulfonamides is 1. The Kier molecular flexibility index (Phi) is 4.65. The van der Waals surface area contributed by atoms with Gasteiger partial charge in [0, 0.05) is 5.69 Å². The van der Waals surface area contributed by atoms with Gasteiger partial charge in [0.25, 0.3) is 10.0 Å². The van der Waals surface area contributed by atoms with Crippen LogP contribution in [0.2, 0.25) is 0 Å². The van der Waals surface area contributed by atoms with Gasteiger partial charge in [-0.15, -0.1) is 0 Å². The summed E-state index contributed by atoms with van der Waals surface area (Å²) >= 11 is 0. The number of hydrogen-bond donors (Lipinski definition) is 2. The summed E-state index contributed by atoms with van der Waals surface area (Å²) in [6.07, 6.45) is 0.908. The monoisotopic (exact) mass is 305 g/mol. The maximum absolute atomic E-state index is 12.3. The zero-order chi connectivity index (χ0) is 15.5. The first-order chi connectivity index (χ1) is 9.96. The van der Waals surface area contributed by atoms with E-state index in [1.54, 1.807) is 18.2 Å². The van der Waals surface area contributed by atoms with Gasteiger partial charge in [-0.3, -0.25) is 4.72 Å². The fourth-order valence-electron chi connectivity index (χ4n) is 2.01. The van der Waals surface area contributed by atoms with Crippen molar-refractivity contribution in [3.8, 4) is 0 Å². The van der Waals surface area contributed by atoms with Crippen molar-refractivity contribution in [1.82, 2.24) is 0 Å². The molecule has 2 rings (SSSR count). The maximum Gasteiger partial charge on any atom is 0.261 e. The van der Waals surface area contributed by atoms with Gasteiger partial charge in [-0.2, -0.15) is 0 Å². The summed E-state index contributed by atoms with van der Waals surface area (Å²) in [5.41, 5.74) is 3.15. The van der Waals surface area contributed by atoms with Crippen LogP contribution in [0.25, 0.3) is 0 Å². The molecule has 0 fully saturated rings. The van der Waals surface area contributed by atoms with Gasteiger partial charge in [-0.25, -0.2) is 8.42 Å². The second-order valence-electron chi connectivity index (χ2n) is 4.90. The SMILES string of the molecule is CCc1ccc(NS(=O)(=O)c2ccc(C)c(CO)c2)cc1. The Morgan fingerprint density at radius 3 is 2.33 bits per heavy atom. The quantitative estimate of drug-likeness (QED) is 0.892. The Labute approximate surface area is 125 Å². The Morgan fingerprint density at radius 2 is 1.76 bits per heavy atom. The number of nitrogens with one attached hydrogen (secondary N) is 1. The fraction of sp³-hybridized carbons (Fsp3) is 0.250. The predicted octanol–water partition coefficient (Wildman–Crippen LogP) is 2.85. The summed E-state index contributed by atoms with van der Waals surface area (Å²) in [5.74, 6) is 0. The summed E-state index contributed by atoms with van der Waals surface area (Å²) < 4.78 is 27.2. The molecule has 0 heterocycles. The van der Waals surface area contributed by atoms with E-state index in [2.05, 4.69) is 4.72 Å². The molecule has 21 heavy (non-hydrogen) atoms. The van der Waals surface area contributed by atoms with Gasteiger partial charge < -0.3 is 5.11 Å². The molecule has 0 aromatic heterocycles. The van der Waals surface area contributed by atoms with Crippen LogP contribution in [-0.4, -0.2) is 13.5 Å². The van der Waals surface area contributed by atoms with E-state index in [1.807, 2.05) is 26.0 Å². The number of rotatable bonds is 5. The van der Waals surface area contributed by atoms with E-state index in [0.717, 1.165) is 17.5 Å². The lowest BCUT2D eigenvalue weighted by Gasteiger charge is -2.10. The zero-order valence-electron chi connectivity index (χ0n) is 12.1. The van der Waals surface area contributed by atoms with Crippen molar-refractivity contribution in [2.75, 3.05) is 4.72 Å². The maximum atomic E-state index is 12.3. The molecule has 0 spiro atoms. The molecule has 0 amide bonds. The third kappa shape index (κ3) is 3.62. The molecule has 5 heteroatoms. The van der Waals surface area contributed by atoms with Crippen molar-refractivity contribution >= 4 is 15.7 Å². The third-order valence-corrected chi connectivity index (χ3v) is 4.79. The van der Waals surface area contributed by atoms with Crippen LogP contribution in [0.4, 0.5) is 5.69 Å². The highest BCUT2D eigenvalue weighted by Crippen LogP contribution is 2.19. The molecule has 112 valence electrons. The molecule has 2 aromatic carbocycles. The van der Waals surface area contributed by atoms with Crippen molar-refractivity contribution in [3.63, 3.8) is 0 Å². The smallest absolute Gasteiger partial charge is 0.261 e. The summed E-state index contributed by atoms with van der Waals surface area (Å²) in [4.78, 5) is 0.150. The van der Waals surface area contributed by atoms with E-state index in [9.17, 15) is 13.5 Å². The van der Waals surface area contributed by atoms with Crippen molar-refractivity contribution < 1.29 is 13.5 Å². The van der Waals surface area contributed by atoms with Crippen LogP contribution in [0, 0.1) is 6.92 Å². The molecule has 0 bridgehead atoms. The molecule has 0 atom stereocenters. The van der Waals surface area contributed by atoms with E-state index in [0.29, 0.717) is 11.3 Å². The van der Waals surface area contributed by atoms with Gasteiger partial charge in [-0.05, 0) is 54.3 Å². The van der Waals surface area contributed by atoms with Crippen LogP contribution in [-0.2, 0) is 23.1 Å². The number of benzene rings is 2. The van der Waals surface area contributed by atoms with Crippen molar-refractivity contribution in [3.05, 3.63) is 59.2 Å². The largest absolute Gasteiger partial charge is 0.392 e. The molecule has 0 aliphatic carbocycles. The molecule has 0 aliphatic heterocycles. The second-order valence-corrected chi connectivity index (χ2v) is 6.58. The molecule has 0 unspecified atom stereocenters. The second kappa shape index (κ2) is 6.28. The van der Waals surface area contributed by atoms with Crippen LogP contribution in [0.5, 0.6) is 0 Å². The highest BCUT2D eigenvalue weighted by molar-refractivity contribution is 7.92. The molecule has 2 N–H and O–H groups in total. The van der Waals surface area contributed by atoms with Crippen molar-refractivity contribution in [2.24, 2.45) is 0 Å². The number of hydrogen-bond acceptors (Lipinski definition) is 3. The first kappa shape index (κ1) is 15.5. The Morgan fingerprint density at radius 1 is 1.10 bits per heavy atom. The average Bonchev–Trinajstić information content (AvgIpc) is 2.48. The summed E-state index contributed by atoms with van der Waals surface area (Å²) in [7, 11) is -3.64. The normalized spacial score (nSPS) is 11.4. The Balaban J connectivity index is 2.29. The average molecular weight is 305 g/mol. The van der Waals surface area contributed by atoms with E-state index in [4.69, 9.17) is 0 Å². The van der Waals surface area contributed by atoms with Crippen LogP contribution in [0.3, 0.4) is 0 Å². The lowest BCUT2D eigenvalue weighted by molar-refractivity contribution is 0.281. The topological polar surface area (TPSA) is 66.4 Å². The molecule has 0 radical (unpaired) electrons. The Hall–Kier alpha value is -1.85. The minimum Gasteiger partial charge on any atom is -0.392 e. The number of aliphatic hydroxyl groups excluding tert-OH is 1.